The highest BCUT2D eigenvalue weighted by Gasteiger charge is 2.06. The molecule has 6 nitrogen and oxygen atoms in total. The summed E-state index contributed by atoms with van der Waals surface area (Å²) in [5, 5.41) is 7.44. The monoisotopic (exact) mass is 328 g/mol. The SMILES string of the molecule is COCCOCC(C)Nc1ccn2ncc(Br)c2n1. The first-order valence-electron chi connectivity index (χ1n) is 6.04. The van der Waals surface area contributed by atoms with Crippen LogP contribution in [0.2, 0.25) is 0 Å². The number of anilines is 1. The summed E-state index contributed by atoms with van der Waals surface area (Å²) in [5.74, 6) is 0.802. The van der Waals surface area contributed by atoms with Crippen molar-refractivity contribution in [3.05, 3.63) is 22.9 Å². The molecule has 0 fully saturated rings. The zero-order valence-electron chi connectivity index (χ0n) is 11.0. The number of ether oxygens (including phenoxy) is 2. The third-order valence-electron chi connectivity index (χ3n) is 2.52. The van der Waals surface area contributed by atoms with Crippen LogP contribution in [0.15, 0.2) is 22.9 Å². The molecule has 2 aromatic heterocycles. The summed E-state index contributed by atoms with van der Waals surface area (Å²) in [6.45, 7) is 3.86. The first kappa shape index (κ1) is 14.2. The van der Waals surface area contributed by atoms with E-state index in [0.717, 1.165) is 15.9 Å². The minimum absolute atomic E-state index is 0.175. The van der Waals surface area contributed by atoms with E-state index in [1.54, 1.807) is 17.8 Å². The van der Waals surface area contributed by atoms with Gasteiger partial charge < -0.3 is 14.8 Å². The second-order valence-corrected chi connectivity index (χ2v) is 5.04. The highest BCUT2D eigenvalue weighted by Crippen LogP contribution is 2.17. The van der Waals surface area contributed by atoms with Crippen molar-refractivity contribution in [2.24, 2.45) is 0 Å². The van der Waals surface area contributed by atoms with E-state index in [-0.39, 0.29) is 6.04 Å². The minimum Gasteiger partial charge on any atom is -0.382 e. The van der Waals surface area contributed by atoms with Crippen LogP contribution in [-0.2, 0) is 9.47 Å². The van der Waals surface area contributed by atoms with E-state index in [4.69, 9.17) is 9.47 Å². The van der Waals surface area contributed by atoms with Crippen molar-refractivity contribution in [1.82, 2.24) is 14.6 Å². The highest BCUT2D eigenvalue weighted by molar-refractivity contribution is 9.10. The predicted octanol–water partition coefficient (Wildman–Crippen LogP) is 1.96. The lowest BCUT2D eigenvalue weighted by atomic mass is 10.3. The summed E-state index contributed by atoms with van der Waals surface area (Å²) >= 11 is 3.41. The van der Waals surface area contributed by atoms with Crippen LogP contribution in [0.5, 0.6) is 0 Å². The molecule has 2 rings (SSSR count). The first-order chi connectivity index (χ1) is 9.20. The summed E-state index contributed by atoms with van der Waals surface area (Å²) in [5.41, 5.74) is 0.789. The number of halogens is 1. The average molecular weight is 329 g/mol. The number of hydrogen-bond acceptors (Lipinski definition) is 5. The molecular formula is C12H17BrN4O2. The Balaban J connectivity index is 1.91. The van der Waals surface area contributed by atoms with E-state index in [0.29, 0.717) is 19.8 Å². The molecule has 0 bridgehead atoms. The van der Waals surface area contributed by atoms with Crippen molar-refractivity contribution in [1.29, 1.82) is 0 Å². The van der Waals surface area contributed by atoms with Crippen molar-refractivity contribution in [3.8, 4) is 0 Å². The fourth-order valence-corrected chi connectivity index (χ4v) is 1.98. The molecule has 19 heavy (non-hydrogen) atoms. The molecule has 0 saturated heterocycles. The maximum atomic E-state index is 5.46. The topological polar surface area (TPSA) is 60.7 Å². The van der Waals surface area contributed by atoms with Gasteiger partial charge in [0.25, 0.3) is 0 Å². The lowest BCUT2D eigenvalue weighted by Crippen LogP contribution is -2.23. The summed E-state index contributed by atoms with van der Waals surface area (Å²) in [6, 6.07) is 2.06. The standard InChI is InChI=1S/C12H17BrN4O2/c1-9(8-19-6-5-18-2)15-11-3-4-17-12(16-11)10(13)7-14-17/h3-4,7,9H,5-6,8H2,1-2H3,(H,15,16). The van der Waals surface area contributed by atoms with Crippen molar-refractivity contribution < 1.29 is 9.47 Å². The number of nitrogens with one attached hydrogen (secondary N) is 1. The number of aromatic nitrogens is 3. The maximum absolute atomic E-state index is 5.46. The van der Waals surface area contributed by atoms with E-state index in [2.05, 4.69) is 31.3 Å². The number of hydrogen-bond donors (Lipinski definition) is 1. The molecule has 0 saturated carbocycles. The van der Waals surface area contributed by atoms with Crippen LogP contribution in [0.3, 0.4) is 0 Å². The Hall–Kier alpha value is -1.18. The van der Waals surface area contributed by atoms with Gasteiger partial charge in [-0.1, -0.05) is 0 Å². The van der Waals surface area contributed by atoms with Gasteiger partial charge in [0.05, 0.1) is 30.5 Å². The zero-order chi connectivity index (χ0) is 13.7. The average Bonchev–Trinajstić information content (AvgIpc) is 2.76. The van der Waals surface area contributed by atoms with Gasteiger partial charge in [-0.2, -0.15) is 5.10 Å². The van der Waals surface area contributed by atoms with E-state index >= 15 is 0 Å². The molecule has 2 heterocycles. The molecular weight excluding hydrogens is 312 g/mol. The van der Waals surface area contributed by atoms with Gasteiger partial charge >= 0.3 is 0 Å². The molecule has 0 aromatic carbocycles. The van der Waals surface area contributed by atoms with E-state index < -0.39 is 0 Å². The molecule has 104 valence electrons. The fraction of sp³-hybridized carbons (Fsp3) is 0.500. The van der Waals surface area contributed by atoms with Gasteiger partial charge in [0, 0.05) is 19.3 Å². The second kappa shape index (κ2) is 6.83. The number of rotatable bonds is 7. The molecule has 0 amide bonds. The predicted molar refractivity (Wildman–Crippen MR) is 76.5 cm³/mol. The maximum Gasteiger partial charge on any atom is 0.171 e. The lowest BCUT2D eigenvalue weighted by molar-refractivity contribution is 0.0676. The Labute approximate surface area is 120 Å². The highest BCUT2D eigenvalue weighted by atomic mass is 79.9. The molecule has 1 unspecified atom stereocenters. The lowest BCUT2D eigenvalue weighted by Gasteiger charge is -2.14. The molecule has 7 heteroatoms. The van der Waals surface area contributed by atoms with Crippen LogP contribution < -0.4 is 5.32 Å². The molecule has 0 spiro atoms. The Morgan fingerprint density at radius 1 is 1.47 bits per heavy atom. The van der Waals surface area contributed by atoms with E-state index in [1.807, 2.05) is 19.2 Å². The van der Waals surface area contributed by atoms with Gasteiger partial charge in [0.15, 0.2) is 5.65 Å². The largest absolute Gasteiger partial charge is 0.382 e. The number of nitrogens with zero attached hydrogens (tertiary/aromatic N) is 3. The van der Waals surface area contributed by atoms with Crippen LogP contribution >= 0.6 is 15.9 Å². The van der Waals surface area contributed by atoms with Crippen LogP contribution in [0.25, 0.3) is 5.65 Å². The van der Waals surface area contributed by atoms with Gasteiger partial charge in [-0.15, -0.1) is 0 Å². The first-order valence-corrected chi connectivity index (χ1v) is 6.83. The third kappa shape index (κ3) is 3.89. The summed E-state index contributed by atoms with van der Waals surface area (Å²) < 4.78 is 13.0. The normalized spacial score (nSPS) is 12.8. The van der Waals surface area contributed by atoms with Crippen molar-refractivity contribution in [3.63, 3.8) is 0 Å². The molecule has 1 N–H and O–H groups in total. The van der Waals surface area contributed by atoms with Gasteiger partial charge in [-0.25, -0.2) is 9.50 Å². The molecule has 0 aliphatic carbocycles. The van der Waals surface area contributed by atoms with Gasteiger partial charge in [0.1, 0.15) is 5.82 Å². The fourth-order valence-electron chi connectivity index (χ4n) is 1.62. The summed E-state index contributed by atoms with van der Waals surface area (Å²) in [4.78, 5) is 4.48. The number of methoxy groups -OCH3 is 1. The van der Waals surface area contributed by atoms with E-state index in [9.17, 15) is 0 Å². The third-order valence-corrected chi connectivity index (χ3v) is 3.08. The quantitative estimate of drug-likeness (QED) is 0.787. The summed E-state index contributed by atoms with van der Waals surface area (Å²) in [7, 11) is 1.66. The Kier molecular flexibility index (Phi) is 5.12. The van der Waals surface area contributed by atoms with Crippen molar-refractivity contribution in [2.75, 3.05) is 32.2 Å². The molecule has 2 aromatic rings. The number of fused-ring (bicyclic) bond motifs is 1. The Morgan fingerprint density at radius 2 is 2.32 bits per heavy atom. The van der Waals surface area contributed by atoms with Crippen LogP contribution in [0.1, 0.15) is 6.92 Å². The van der Waals surface area contributed by atoms with Crippen LogP contribution in [0.4, 0.5) is 5.82 Å². The van der Waals surface area contributed by atoms with Gasteiger partial charge in [0.2, 0.25) is 0 Å². The molecule has 0 aliphatic rings. The van der Waals surface area contributed by atoms with Crippen LogP contribution in [0, 0.1) is 0 Å². The van der Waals surface area contributed by atoms with Gasteiger partial charge in [-0.05, 0) is 28.9 Å². The van der Waals surface area contributed by atoms with Crippen molar-refractivity contribution in [2.45, 2.75) is 13.0 Å². The smallest absolute Gasteiger partial charge is 0.171 e. The van der Waals surface area contributed by atoms with Crippen molar-refractivity contribution >= 4 is 27.4 Å². The second-order valence-electron chi connectivity index (χ2n) is 4.19. The van der Waals surface area contributed by atoms with Gasteiger partial charge in [-0.3, -0.25) is 0 Å². The molecule has 1 atom stereocenters. The Bertz CT molecular complexity index is 531. The minimum atomic E-state index is 0.175. The Morgan fingerprint density at radius 3 is 3.11 bits per heavy atom. The van der Waals surface area contributed by atoms with Crippen LogP contribution in [-0.4, -0.2) is 47.6 Å². The summed E-state index contributed by atoms with van der Waals surface area (Å²) in [6.07, 6.45) is 3.59. The van der Waals surface area contributed by atoms with E-state index in [1.165, 1.54) is 0 Å². The zero-order valence-corrected chi connectivity index (χ0v) is 12.6. The molecule has 0 aliphatic heterocycles. The molecule has 0 radical (unpaired) electrons.